The first-order valence-electron chi connectivity index (χ1n) is 14.8. The molecule has 2 fully saturated rings. The summed E-state index contributed by atoms with van der Waals surface area (Å²) in [5.41, 5.74) is 1.40. The predicted octanol–water partition coefficient (Wildman–Crippen LogP) is 7.35. The number of nitrogens with zero attached hydrogens (tertiary/aromatic N) is 2. The maximum Gasteiger partial charge on any atom is 0.234 e. The lowest BCUT2D eigenvalue weighted by Crippen LogP contribution is -2.41. The first kappa shape index (κ1) is 33.6. The van der Waals surface area contributed by atoms with Gasteiger partial charge in [0.15, 0.2) is 0 Å². The van der Waals surface area contributed by atoms with Crippen LogP contribution in [0.15, 0.2) is 48.5 Å². The van der Waals surface area contributed by atoms with E-state index >= 15 is 0 Å². The molecule has 43 heavy (non-hydrogen) atoms. The Kier molecular flexibility index (Phi) is 12.6. The van der Waals surface area contributed by atoms with Crippen molar-refractivity contribution in [1.29, 1.82) is 0 Å². The van der Waals surface area contributed by atoms with E-state index in [0.717, 1.165) is 34.8 Å². The molecule has 2 aliphatic rings. The fourth-order valence-corrected chi connectivity index (χ4v) is 7.77. The standard InChI is InChI=1S/C32H42N4O3S4/c1-21-13-22(2)16-35(15-21)31(40)42-19-29(37)33-25-5-9-27(10-6-25)39-28-11-7-26(8-12-28)34-30(38)20-43-32(41)36-17-23(3)14-24(4)18-36/h5-12,21-24H,13-20H2,1-4H3,(H,33,37)(H,34,38)/t21-,22-,23-,24+/m1/s1. The van der Waals surface area contributed by atoms with Gasteiger partial charge in [-0.1, -0.05) is 75.7 Å². The molecule has 2 heterocycles. The van der Waals surface area contributed by atoms with Crippen molar-refractivity contribution in [2.45, 2.75) is 40.5 Å². The smallest absolute Gasteiger partial charge is 0.234 e. The number of rotatable bonds is 8. The number of nitrogens with one attached hydrogen (secondary N) is 2. The second-order valence-corrected chi connectivity index (χ2v) is 15.3. The highest BCUT2D eigenvalue weighted by Crippen LogP contribution is 2.27. The molecule has 4 rings (SSSR count). The molecule has 0 radical (unpaired) electrons. The van der Waals surface area contributed by atoms with Gasteiger partial charge < -0.3 is 25.2 Å². The normalized spacial score (nSPS) is 22.0. The zero-order chi connectivity index (χ0) is 30.9. The van der Waals surface area contributed by atoms with E-state index in [2.05, 4.69) is 48.1 Å². The molecule has 2 aromatic carbocycles. The summed E-state index contributed by atoms with van der Waals surface area (Å²) in [6.07, 6.45) is 2.45. The lowest BCUT2D eigenvalue weighted by Gasteiger charge is -2.36. The highest BCUT2D eigenvalue weighted by molar-refractivity contribution is 8.23. The number of likely N-dealkylation sites (tertiary alicyclic amines) is 2. The summed E-state index contributed by atoms with van der Waals surface area (Å²) >= 11 is 14.0. The molecule has 2 aromatic rings. The number of carbonyl (C=O) groups is 2. The van der Waals surface area contributed by atoms with Gasteiger partial charge in [-0.3, -0.25) is 9.59 Å². The van der Waals surface area contributed by atoms with E-state index in [-0.39, 0.29) is 23.3 Å². The minimum Gasteiger partial charge on any atom is -0.457 e. The summed E-state index contributed by atoms with van der Waals surface area (Å²) in [6.45, 7) is 12.8. The van der Waals surface area contributed by atoms with Crippen molar-refractivity contribution < 1.29 is 14.3 Å². The van der Waals surface area contributed by atoms with Crippen LogP contribution in [0, 0.1) is 23.7 Å². The molecule has 0 saturated carbocycles. The number of piperidine rings is 2. The van der Waals surface area contributed by atoms with Crippen LogP contribution in [0.2, 0.25) is 0 Å². The third-order valence-corrected chi connectivity index (χ3v) is 10.5. The van der Waals surface area contributed by atoms with Crippen LogP contribution >= 0.6 is 48.0 Å². The van der Waals surface area contributed by atoms with Crippen LogP contribution in [0.3, 0.4) is 0 Å². The average molecular weight is 659 g/mol. The SMILES string of the molecule is C[C@@H]1C[C@@H](C)CN(C(=S)SCC(=O)Nc2ccc(Oc3ccc(NC(=O)CSC(=S)N4C[C@H](C)C[C@H](C)C4)cc3)cc2)C1. The van der Waals surface area contributed by atoms with Gasteiger partial charge in [0.1, 0.15) is 20.1 Å². The Hall–Kier alpha value is -2.34. The Morgan fingerprint density at radius 1 is 0.674 bits per heavy atom. The number of ether oxygens (including phenoxy) is 1. The van der Waals surface area contributed by atoms with Gasteiger partial charge in [0, 0.05) is 37.6 Å². The first-order valence-corrected chi connectivity index (χ1v) is 17.6. The van der Waals surface area contributed by atoms with Gasteiger partial charge in [-0.2, -0.15) is 0 Å². The number of thioether (sulfide) groups is 2. The minimum absolute atomic E-state index is 0.0901. The van der Waals surface area contributed by atoms with Gasteiger partial charge in [0.2, 0.25) is 11.8 Å². The van der Waals surface area contributed by atoms with E-state index in [9.17, 15) is 9.59 Å². The second kappa shape index (κ2) is 16.1. The summed E-state index contributed by atoms with van der Waals surface area (Å²) in [4.78, 5) is 29.5. The van der Waals surface area contributed by atoms with Crippen molar-refractivity contribution in [3.8, 4) is 11.5 Å². The molecule has 7 nitrogen and oxygen atoms in total. The number of hydrogen-bond acceptors (Lipinski definition) is 7. The van der Waals surface area contributed by atoms with Gasteiger partial charge in [-0.25, -0.2) is 0 Å². The molecule has 2 amide bonds. The largest absolute Gasteiger partial charge is 0.457 e. The number of amides is 2. The van der Waals surface area contributed by atoms with Gasteiger partial charge in [-0.15, -0.1) is 0 Å². The van der Waals surface area contributed by atoms with Crippen LogP contribution in [-0.2, 0) is 9.59 Å². The topological polar surface area (TPSA) is 73.9 Å². The van der Waals surface area contributed by atoms with Crippen molar-refractivity contribution >= 4 is 79.8 Å². The Labute approximate surface area is 275 Å². The van der Waals surface area contributed by atoms with Crippen LogP contribution in [0.4, 0.5) is 11.4 Å². The van der Waals surface area contributed by atoms with Gasteiger partial charge in [0.25, 0.3) is 0 Å². The van der Waals surface area contributed by atoms with Gasteiger partial charge >= 0.3 is 0 Å². The Morgan fingerprint density at radius 2 is 1.00 bits per heavy atom. The molecule has 11 heteroatoms. The lowest BCUT2D eigenvalue weighted by molar-refractivity contribution is -0.114. The number of benzene rings is 2. The minimum atomic E-state index is -0.0901. The van der Waals surface area contributed by atoms with Crippen molar-refractivity contribution in [2.75, 3.05) is 48.3 Å². The Balaban J connectivity index is 1.16. The summed E-state index contributed by atoms with van der Waals surface area (Å²) in [6, 6.07) is 14.5. The summed E-state index contributed by atoms with van der Waals surface area (Å²) in [5, 5.41) is 5.86. The van der Waals surface area contributed by atoms with E-state index in [1.165, 1.54) is 36.4 Å². The van der Waals surface area contributed by atoms with E-state index in [0.29, 0.717) is 46.5 Å². The highest BCUT2D eigenvalue weighted by atomic mass is 32.2. The Morgan fingerprint density at radius 3 is 1.33 bits per heavy atom. The monoisotopic (exact) mass is 658 g/mol. The lowest BCUT2D eigenvalue weighted by atomic mass is 9.92. The first-order chi connectivity index (χ1) is 20.5. The van der Waals surface area contributed by atoms with Gasteiger partial charge in [0.05, 0.1) is 11.5 Å². The molecule has 0 aromatic heterocycles. The van der Waals surface area contributed by atoms with Crippen molar-refractivity contribution in [3.05, 3.63) is 48.5 Å². The van der Waals surface area contributed by atoms with E-state index in [1.807, 2.05) is 48.5 Å². The molecule has 2 N–H and O–H groups in total. The number of carbonyl (C=O) groups excluding carboxylic acids is 2. The van der Waals surface area contributed by atoms with Crippen molar-refractivity contribution in [1.82, 2.24) is 9.80 Å². The molecule has 2 saturated heterocycles. The molecular weight excluding hydrogens is 617 g/mol. The molecule has 232 valence electrons. The zero-order valence-corrected chi connectivity index (χ0v) is 28.6. The molecule has 4 atom stereocenters. The van der Waals surface area contributed by atoms with Crippen LogP contribution < -0.4 is 15.4 Å². The number of hydrogen-bond donors (Lipinski definition) is 2. The molecule has 0 spiro atoms. The van der Waals surface area contributed by atoms with Gasteiger partial charge in [-0.05, 0) is 85.0 Å². The molecule has 0 bridgehead atoms. The fourth-order valence-electron chi connectivity index (χ4n) is 5.80. The van der Waals surface area contributed by atoms with Crippen LogP contribution in [0.25, 0.3) is 0 Å². The predicted molar refractivity (Wildman–Crippen MR) is 189 cm³/mol. The quantitative estimate of drug-likeness (QED) is 0.283. The molecule has 0 aliphatic carbocycles. The Bertz CT molecular complexity index is 1160. The maximum atomic E-state index is 12.5. The summed E-state index contributed by atoms with van der Waals surface area (Å²) in [5.74, 6) is 4.14. The fraction of sp³-hybridized carbons (Fsp3) is 0.500. The summed E-state index contributed by atoms with van der Waals surface area (Å²) < 4.78 is 7.54. The third kappa shape index (κ3) is 11.0. The van der Waals surface area contributed by atoms with Crippen molar-refractivity contribution in [2.24, 2.45) is 23.7 Å². The molecule has 0 unspecified atom stereocenters. The number of thiocarbonyl (C=S) groups is 2. The van der Waals surface area contributed by atoms with E-state index < -0.39 is 0 Å². The highest BCUT2D eigenvalue weighted by Gasteiger charge is 2.25. The molecule has 2 aliphatic heterocycles. The zero-order valence-electron chi connectivity index (χ0n) is 25.3. The summed E-state index contributed by atoms with van der Waals surface area (Å²) in [7, 11) is 0. The maximum absolute atomic E-state index is 12.5. The van der Waals surface area contributed by atoms with Crippen LogP contribution in [0.1, 0.15) is 40.5 Å². The second-order valence-electron chi connectivity index (χ2n) is 12.1. The van der Waals surface area contributed by atoms with E-state index in [4.69, 9.17) is 29.2 Å². The molecular formula is C32H42N4O3S4. The van der Waals surface area contributed by atoms with Crippen molar-refractivity contribution in [3.63, 3.8) is 0 Å². The van der Waals surface area contributed by atoms with Crippen LogP contribution in [-0.4, -0.2) is 67.9 Å². The van der Waals surface area contributed by atoms with E-state index in [1.54, 1.807) is 0 Å². The number of anilines is 2. The van der Waals surface area contributed by atoms with Crippen LogP contribution in [0.5, 0.6) is 11.5 Å². The average Bonchev–Trinajstić information content (AvgIpc) is 2.95. The third-order valence-electron chi connectivity index (χ3n) is 7.42.